The van der Waals surface area contributed by atoms with Gasteiger partial charge in [-0.25, -0.2) is 0 Å². The molecule has 7 rings (SSSR count). The van der Waals surface area contributed by atoms with E-state index < -0.39 is 35.5 Å². The molecule has 1 N–H and O–H groups in total. The standard InChI is InChI=1S/C20H23NO5/c22-16-14-13-1-2-20(26-13,15(14)17(23)25-16)9-21-18(24)19-6-10-3-11(7-19)5-12(4-10)8-19/h1-2,10-15H,3-9H2,(H,21,24)/t10?,11?,12?,13-,14+,15+,19?,20-/m0/s1. The third kappa shape index (κ3) is 1.83. The highest BCUT2D eigenvalue weighted by Gasteiger charge is 2.67. The van der Waals surface area contributed by atoms with Gasteiger partial charge in [0.25, 0.3) is 0 Å². The zero-order chi connectivity index (χ0) is 17.7. The van der Waals surface area contributed by atoms with Crippen molar-refractivity contribution < 1.29 is 23.9 Å². The number of carbonyl (C=O) groups excluding carboxylic acids is 3. The van der Waals surface area contributed by atoms with Crippen LogP contribution in [0.5, 0.6) is 0 Å². The first kappa shape index (κ1) is 15.4. The second-order valence-electron chi connectivity index (χ2n) is 9.52. The van der Waals surface area contributed by atoms with Gasteiger partial charge in [0.15, 0.2) is 0 Å². The maximum absolute atomic E-state index is 13.2. The van der Waals surface area contributed by atoms with Gasteiger partial charge >= 0.3 is 11.9 Å². The van der Waals surface area contributed by atoms with Gasteiger partial charge in [0.05, 0.1) is 12.6 Å². The van der Waals surface area contributed by atoms with Crippen molar-refractivity contribution in [3.63, 3.8) is 0 Å². The number of fused-ring (bicyclic) bond motifs is 5. The summed E-state index contributed by atoms with van der Waals surface area (Å²) in [6, 6.07) is 0. The summed E-state index contributed by atoms with van der Waals surface area (Å²) in [5.41, 5.74) is -1.15. The molecular weight excluding hydrogens is 334 g/mol. The highest BCUT2D eigenvalue weighted by Crippen LogP contribution is 2.60. The Morgan fingerprint density at radius 1 is 1.08 bits per heavy atom. The molecular formula is C20H23NO5. The number of esters is 2. The predicted molar refractivity (Wildman–Crippen MR) is 88.4 cm³/mol. The molecule has 7 aliphatic rings. The topological polar surface area (TPSA) is 81.7 Å². The molecule has 0 radical (unpaired) electrons. The van der Waals surface area contributed by atoms with Crippen LogP contribution >= 0.6 is 0 Å². The van der Waals surface area contributed by atoms with Gasteiger partial charge in [-0.2, -0.15) is 0 Å². The van der Waals surface area contributed by atoms with E-state index in [4.69, 9.17) is 9.47 Å². The molecule has 26 heavy (non-hydrogen) atoms. The summed E-state index contributed by atoms with van der Waals surface area (Å²) in [5.74, 6) is 0.0408. The van der Waals surface area contributed by atoms with Crippen molar-refractivity contribution >= 4 is 17.8 Å². The first-order chi connectivity index (χ1) is 12.5. The maximum Gasteiger partial charge on any atom is 0.320 e. The highest BCUT2D eigenvalue weighted by atomic mass is 16.6. The van der Waals surface area contributed by atoms with Crippen LogP contribution in [0.25, 0.3) is 0 Å². The minimum Gasteiger partial charge on any atom is -0.393 e. The van der Waals surface area contributed by atoms with Crippen molar-refractivity contribution in [2.45, 2.75) is 50.2 Å². The van der Waals surface area contributed by atoms with Crippen LogP contribution in [0.2, 0.25) is 0 Å². The fraction of sp³-hybridized carbons (Fsp3) is 0.750. The minimum absolute atomic E-state index is 0.118. The quantitative estimate of drug-likeness (QED) is 0.468. The van der Waals surface area contributed by atoms with E-state index in [0.717, 1.165) is 19.3 Å². The summed E-state index contributed by atoms with van der Waals surface area (Å²) >= 11 is 0. The Hall–Kier alpha value is -1.69. The zero-order valence-corrected chi connectivity index (χ0v) is 14.6. The van der Waals surface area contributed by atoms with Crippen molar-refractivity contribution in [1.29, 1.82) is 0 Å². The summed E-state index contributed by atoms with van der Waals surface area (Å²) < 4.78 is 10.8. The lowest BCUT2D eigenvalue weighted by molar-refractivity contribution is -0.159. The number of nitrogens with one attached hydrogen (secondary N) is 1. The van der Waals surface area contributed by atoms with Crippen LogP contribution in [0.4, 0.5) is 0 Å². The summed E-state index contributed by atoms with van der Waals surface area (Å²) in [4.78, 5) is 37.3. The van der Waals surface area contributed by atoms with E-state index in [0.29, 0.717) is 17.8 Å². The summed E-state index contributed by atoms with van der Waals surface area (Å²) in [6.07, 6.45) is 10.2. The van der Waals surface area contributed by atoms with Crippen LogP contribution in [-0.2, 0) is 23.9 Å². The molecule has 0 aromatic heterocycles. The van der Waals surface area contributed by atoms with Crippen molar-refractivity contribution in [2.75, 3.05) is 6.54 Å². The molecule has 3 aliphatic heterocycles. The van der Waals surface area contributed by atoms with Crippen molar-refractivity contribution in [2.24, 2.45) is 35.0 Å². The van der Waals surface area contributed by atoms with Gasteiger partial charge in [-0.1, -0.05) is 12.2 Å². The number of cyclic esters (lactones) is 2. The van der Waals surface area contributed by atoms with Gasteiger partial charge in [-0.05, 0) is 56.3 Å². The second kappa shape index (κ2) is 4.77. The first-order valence-electron chi connectivity index (χ1n) is 9.89. The van der Waals surface area contributed by atoms with Crippen LogP contribution in [0.15, 0.2) is 12.2 Å². The molecule has 138 valence electrons. The third-order valence-electron chi connectivity index (χ3n) is 7.94. The molecule has 6 nitrogen and oxygen atoms in total. The molecule has 6 heteroatoms. The minimum atomic E-state index is -0.920. The van der Waals surface area contributed by atoms with Crippen LogP contribution in [-0.4, -0.2) is 36.1 Å². The second-order valence-corrected chi connectivity index (χ2v) is 9.52. The van der Waals surface area contributed by atoms with Gasteiger partial charge in [-0.15, -0.1) is 0 Å². The van der Waals surface area contributed by atoms with Gasteiger partial charge in [0.2, 0.25) is 5.91 Å². The van der Waals surface area contributed by atoms with E-state index in [1.165, 1.54) is 19.3 Å². The van der Waals surface area contributed by atoms with Gasteiger partial charge in [-0.3, -0.25) is 14.4 Å². The molecule has 0 spiro atoms. The normalized spacial score (nSPS) is 52.5. The fourth-order valence-corrected chi connectivity index (χ4v) is 7.31. The fourth-order valence-electron chi connectivity index (χ4n) is 7.31. The van der Waals surface area contributed by atoms with Crippen LogP contribution < -0.4 is 5.32 Å². The van der Waals surface area contributed by atoms with E-state index in [9.17, 15) is 14.4 Å². The van der Waals surface area contributed by atoms with Crippen LogP contribution in [0.3, 0.4) is 0 Å². The molecule has 4 aliphatic carbocycles. The van der Waals surface area contributed by atoms with E-state index in [1.807, 2.05) is 12.2 Å². The molecule has 1 amide bonds. The molecule has 0 aromatic rings. The SMILES string of the molecule is O=C1OC(=O)[C@H]2[C@H]1[C@@H]1C=C[C@@]2(CNC(=O)C23CC4CC(CC(C4)C2)C3)O1. The zero-order valence-electron chi connectivity index (χ0n) is 14.6. The van der Waals surface area contributed by atoms with Gasteiger partial charge in [0, 0.05) is 5.41 Å². The number of hydrogen-bond donors (Lipinski definition) is 1. The van der Waals surface area contributed by atoms with Gasteiger partial charge in [0.1, 0.15) is 17.4 Å². The number of amides is 1. The van der Waals surface area contributed by atoms with Crippen LogP contribution in [0, 0.1) is 35.0 Å². The van der Waals surface area contributed by atoms with E-state index in [1.54, 1.807) is 0 Å². The lowest BCUT2D eigenvalue weighted by Gasteiger charge is -2.55. The molecule has 6 bridgehead atoms. The number of hydrogen-bond acceptors (Lipinski definition) is 5. The molecule has 6 fully saturated rings. The smallest absolute Gasteiger partial charge is 0.320 e. The molecule has 4 atom stereocenters. The Morgan fingerprint density at radius 2 is 1.73 bits per heavy atom. The first-order valence-corrected chi connectivity index (χ1v) is 9.89. The Morgan fingerprint density at radius 3 is 2.38 bits per heavy atom. The number of carbonyl (C=O) groups is 3. The van der Waals surface area contributed by atoms with E-state index in [2.05, 4.69) is 5.32 Å². The van der Waals surface area contributed by atoms with E-state index >= 15 is 0 Å². The number of ether oxygens (including phenoxy) is 2. The van der Waals surface area contributed by atoms with Crippen LogP contribution in [0.1, 0.15) is 38.5 Å². The summed E-state index contributed by atoms with van der Waals surface area (Å²) in [6.45, 7) is 0.240. The predicted octanol–water partition coefficient (Wildman–Crippen LogP) is 1.34. The monoisotopic (exact) mass is 357 g/mol. The van der Waals surface area contributed by atoms with Crippen molar-refractivity contribution in [3.8, 4) is 0 Å². The van der Waals surface area contributed by atoms with Gasteiger partial charge < -0.3 is 14.8 Å². The van der Waals surface area contributed by atoms with Crippen molar-refractivity contribution in [3.05, 3.63) is 12.2 Å². The Labute approximate surface area is 151 Å². The average Bonchev–Trinajstić information content (AvgIpc) is 3.23. The Balaban J connectivity index is 1.22. The summed E-state index contributed by atoms with van der Waals surface area (Å²) in [7, 11) is 0. The third-order valence-corrected chi connectivity index (χ3v) is 7.94. The molecule has 2 saturated heterocycles. The number of rotatable bonds is 3. The average molecular weight is 357 g/mol. The lowest BCUT2D eigenvalue weighted by Crippen LogP contribution is -2.56. The molecule has 0 unspecified atom stereocenters. The molecule has 4 saturated carbocycles. The maximum atomic E-state index is 13.2. The summed E-state index contributed by atoms with van der Waals surface area (Å²) in [5, 5.41) is 3.11. The Kier molecular flexibility index (Phi) is 2.82. The molecule has 0 aromatic carbocycles. The lowest BCUT2D eigenvalue weighted by atomic mass is 9.49. The molecule has 3 heterocycles. The highest BCUT2D eigenvalue weighted by molar-refractivity contribution is 5.99. The van der Waals surface area contributed by atoms with E-state index in [-0.39, 0.29) is 17.9 Å². The largest absolute Gasteiger partial charge is 0.393 e. The Bertz CT molecular complexity index is 722. The van der Waals surface area contributed by atoms with Crippen molar-refractivity contribution in [1.82, 2.24) is 5.32 Å².